The van der Waals surface area contributed by atoms with Gasteiger partial charge in [-0.05, 0) is 29.0 Å². The Morgan fingerprint density at radius 1 is 0.966 bits per heavy atom. The van der Waals surface area contributed by atoms with Gasteiger partial charge in [0.15, 0.2) is 5.01 Å². The summed E-state index contributed by atoms with van der Waals surface area (Å²) in [6.07, 6.45) is 0. The summed E-state index contributed by atoms with van der Waals surface area (Å²) in [6.45, 7) is 0. The van der Waals surface area contributed by atoms with Crippen LogP contribution in [0.2, 0.25) is 0 Å². The Morgan fingerprint density at radius 2 is 1.69 bits per heavy atom. The van der Waals surface area contributed by atoms with Crippen LogP contribution in [0.5, 0.6) is 11.5 Å². The molecular weight excluding hydrogens is 454 g/mol. The van der Waals surface area contributed by atoms with Crippen LogP contribution in [0.3, 0.4) is 0 Å². The largest absolute Gasteiger partial charge is 0.496 e. The van der Waals surface area contributed by atoms with E-state index in [9.17, 15) is 4.79 Å². The highest BCUT2D eigenvalue weighted by Crippen LogP contribution is 2.38. The molecule has 4 aromatic rings. The molecule has 29 heavy (non-hydrogen) atoms. The van der Waals surface area contributed by atoms with Gasteiger partial charge >= 0.3 is 0 Å². The number of amides is 1. The molecule has 1 N–H and O–H groups in total. The molecule has 0 saturated heterocycles. The van der Waals surface area contributed by atoms with E-state index >= 15 is 0 Å². The summed E-state index contributed by atoms with van der Waals surface area (Å²) in [5.41, 5.74) is 1.25. The number of carbonyl (C=O) groups is 1. The number of ether oxygens (including phenoxy) is 2. The lowest BCUT2D eigenvalue weighted by molar-refractivity contribution is 0.102. The van der Waals surface area contributed by atoms with E-state index in [4.69, 9.17) is 9.47 Å². The SMILES string of the molecule is COc1cccc(OC)c1C(=O)Nc1nnc(-c2c(Br)ccc3ccccc23)s1. The first kappa shape index (κ1) is 19.4. The van der Waals surface area contributed by atoms with E-state index in [1.807, 2.05) is 36.4 Å². The van der Waals surface area contributed by atoms with Gasteiger partial charge in [-0.15, -0.1) is 10.2 Å². The van der Waals surface area contributed by atoms with E-state index in [2.05, 4.69) is 31.4 Å². The molecular formula is C21H16BrN3O3S. The fourth-order valence-electron chi connectivity index (χ4n) is 3.07. The first-order valence-corrected chi connectivity index (χ1v) is 10.3. The summed E-state index contributed by atoms with van der Waals surface area (Å²) in [7, 11) is 3.01. The fraction of sp³-hybridized carbons (Fsp3) is 0.0952. The molecule has 0 aliphatic carbocycles. The second kappa shape index (κ2) is 8.18. The summed E-state index contributed by atoms with van der Waals surface area (Å²) < 4.78 is 11.5. The summed E-state index contributed by atoms with van der Waals surface area (Å²) in [4.78, 5) is 12.9. The van der Waals surface area contributed by atoms with Gasteiger partial charge in [-0.25, -0.2) is 0 Å². The molecule has 6 nitrogen and oxygen atoms in total. The molecule has 0 atom stereocenters. The number of hydrogen-bond acceptors (Lipinski definition) is 6. The van der Waals surface area contributed by atoms with Gasteiger partial charge in [-0.1, -0.05) is 63.7 Å². The van der Waals surface area contributed by atoms with Crippen molar-refractivity contribution in [3.8, 4) is 22.1 Å². The third kappa shape index (κ3) is 3.68. The first-order chi connectivity index (χ1) is 14.1. The quantitative estimate of drug-likeness (QED) is 0.424. The smallest absolute Gasteiger partial charge is 0.265 e. The van der Waals surface area contributed by atoms with Crippen LogP contribution in [-0.4, -0.2) is 30.3 Å². The molecule has 1 aromatic heterocycles. The Labute approximate surface area is 179 Å². The standard InChI is InChI=1S/C21H16BrN3O3S/c1-27-15-8-5-9-16(28-2)18(15)19(26)23-21-25-24-20(29-21)17-13-7-4-3-6-12(13)10-11-14(17)22/h3-11H,1-2H3,(H,23,25,26). The lowest BCUT2D eigenvalue weighted by Gasteiger charge is -2.11. The van der Waals surface area contributed by atoms with Gasteiger partial charge in [-0.2, -0.15) is 0 Å². The second-order valence-corrected chi connectivity index (χ2v) is 7.88. The molecule has 0 spiro atoms. The number of methoxy groups -OCH3 is 2. The zero-order valence-electron chi connectivity index (χ0n) is 15.6. The molecule has 0 radical (unpaired) electrons. The van der Waals surface area contributed by atoms with Crippen LogP contribution in [-0.2, 0) is 0 Å². The topological polar surface area (TPSA) is 73.3 Å². The number of halogens is 1. The van der Waals surface area contributed by atoms with Crippen LogP contribution in [0.4, 0.5) is 5.13 Å². The maximum absolute atomic E-state index is 12.9. The molecule has 0 bridgehead atoms. The van der Waals surface area contributed by atoms with E-state index in [0.717, 1.165) is 20.8 Å². The minimum atomic E-state index is -0.376. The Morgan fingerprint density at radius 3 is 2.41 bits per heavy atom. The Hall–Kier alpha value is -2.97. The van der Waals surface area contributed by atoms with Gasteiger partial charge in [0.2, 0.25) is 5.13 Å². The highest BCUT2D eigenvalue weighted by molar-refractivity contribution is 9.10. The monoisotopic (exact) mass is 469 g/mol. The molecule has 0 fully saturated rings. The lowest BCUT2D eigenvalue weighted by atomic mass is 10.1. The molecule has 8 heteroatoms. The van der Waals surface area contributed by atoms with Crippen LogP contribution in [0.15, 0.2) is 59.1 Å². The Balaban J connectivity index is 1.69. The van der Waals surface area contributed by atoms with Gasteiger partial charge in [0, 0.05) is 10.0 Å². The maximum atomic E-state index is 12.9. The van der Waals surface area contributed by atoms with E-state index in [-0.39, 0.29) is 5.91 Å². The van der Waals surface area contributed by atoms with Crippen molar-refractivity contribution in [3.63, 3.8) is 0 Å². The number of anilines is 1. The molecule has 146 valence electrons. The van der Waals surface area contributed by atoms with Gasteiger partial charge in [0.25, 0.3) is 5.91 Å². The van der Waals surface area contributed by atoms with Crippen molar-refractivity contribution in [3.05, 3.63) is 64.6 Å². The molecule has 0 saturated carbocycles. The van der Waals surface area contributed by atoms with Crippen LogP contribution in [0, 0.1) is 0 Å². The van der Waals surface area contributed by atoms with Crippen molar-refractivity contribution in [2.24, 2.45) is 0 Å². The van der Waals surface area contributed by atoms with Crippen molar-refractivity contribution in [2.75, 3.05) is 19.5 Å². The molecule has 0 aliphatic heterocycles. The summed E-state index contributed by atoms with van der Waals surface area (Å²) in [6, 6.07) is 17.2. The van der Waals surface area contributed by atoms with Crippen molar-refractivity contribution in [2.45, 2.75) is 0 Å². The summed E-state index contributed by atoms with van der Waals surface area (Å²) >= 11 is 4.91. The predicted octanol–water partition coefficient (Wildman–Crippen LogP) is 5.39. The number of hydrogen-bond donors (Lipinski definition) is 1. The summed E-state index contributed by atoms with van der Waals surface area (Å²) in [5.74, 6) is 0.464. The number of aromatic nitrogens is 2. The van der Waals surface area contributed by atoms with Gasteiger partial charge < -0.3 is 9.47 Å². The third-order valence-corrected chi connectivity index (χ3v) is 5.91. The normalized spacial score (nSPS) is 10.7. The van der Waals surface area contributed by atoms with E-state index in [1.165, 1.54) is 25.6 Å². The first-order valence-electron chi connectivity index (χ1n) is 8.66. The number of fused-ring (bicyclic) bond motifs is 1. The van der Waals surface area contributed by atoms with Crippen molar-refractivity contribution < 1.29 is 14.3 Å². The van der Waals surface area contributed by atoms with Crippen LogP contribution in [0.1, 0.15) is 10.4 Å². The number of benzene rings is 3. The Bertz CT molecular complexity index is 1190. The minimum Gasteiger partial charge on any atom is -0.496 e. The van der Waals surface area contributed by atoms with Gasteiger partial charge in [-0.3, -0.25) is 10.1 Å². The van der Waals surface area contributed by atoms with Crippen LogP contribution >= 0.6 is 27.3 Å². The van der Waals surface area contributed by atoms with Crippen molar-refractivity contribution in [1.29, 1.82) is 0 Å². The highest BCUT2D eigenvalue weighted by atomic mass is 79.9. The van der Waals surface area contributed by atoms with E-state index in [0.29, 0.717) is 27.2 Å². The predicted molar refractivity (Wildman–Crippen MR) is 118 cm³/mol. The third-order valence-electron chi connectivity index (χ3n) is 4.39. The van der Waals surface area contributed by atoms with E-state index < -0.39 is 0 Å². The van der Waals surface area contributed by atoms with Crippen LogP contribution < -0.4 is 14.8 Å². The molecule has 3 aromatic carbocycles. The van der Waals surface area contributed by atoms with E-state index in [1.54, 1.807) is 18.2 Å². The van der Waals surface area contributed by atoms with Gasteiger partial charge in [0.05, 0.1) is 14.2 Å². The fourth-order valence-corrected chi connectivity index (χ4v) is 4.55. The lowest BCUT2D eigenvalue weighted by Crippen LogP contribution is -2.14. The molecule has 0 unspecified atom stereocenters. The summed E-state index contributed by atoms with van der Waals surface area (Å²) in [5, 5.41) is 14.5. The zero-order chi connectivity index (χ0) is 20.4. The average molecular weight is 470 g/mol. The maximum Gasteiger partial charge on any atom is 0.265 e. The number of nitrogens with zero attached hydrogens (tertiary/aromatic N) is 2. The highest BCUT2D eigenvalue weighted by Gasteiger charge is 2.20. The Kier molecular flexibility index (Phi) is 5.46. The molecule has 1 amide bonds. The molecule has 4 rings (SSSR count). The second-order valence-electron chi connectivity index (χ2n) is 6.05. The molecule has 1 heterocycles. The van der Waals surface area contributed by atoms with Crippen molar-refractivity contribution >= 4 is 49.1 Å². The van der Waals surface area contributed by atoms with Crippen LogP contribution in [0.25, 0.3) is 21.3 Å². The zero-order valence-corrected chi connectivity index (χ0v) is 18.0. The number of rotatable bonds is 5. The average Bonchev–Trinajstić information content (AvgIpc) is 3.20. The molecule has 0 aliphatic rings. The van der Waals surface area contributed by atoms with Crippen molar-refractivity contribution in [1.82, 2.24) is 10.2 Å². The number of carbonyl (C=O) groups excluding carboxylic acids is 1. The number of nitrogens with one attached hydrogen (secondary N) is 1. The minimum absolute atomic E-state index is 0.306. The van der Waals surface area contributed by atoms with Gasteiger partial charge in [0.1, 0.15) is 17.1 Å².